The van der Waals surface area contributed by atoms with E-state index in [0.717, 1.165) is 10.3 Å². The fourth-order valence-electron chi connectivity index (χ4n) is 4.40. The Hall–Kier alpha value is -3.06. The van der Waals surface area contributed by atoms with E-state index in [1.54, 1.807) is 55.1 Å². The van der Waals surface area contributed by atoms with Gasteiger partial charge in [0, 0.05) is 31.4 Å². The average molecular weight is 559 g/mol. The Morgan fingerprint density at radius 1 is 1.11 bits per heavy atom. The molecule has 0 spiro atoms. The summed E-state index contributed by atoms with van der Waals surface area (Å²) in [4.78, 5) is 24.6. The van der Waals surface area contributed by atoms with Gasteiger partial charge in [-0.2, -0.15) is 4.31 Å². The molecule has 12 heteroatoms. The third-order valence-corrected chi connectivity index (χ3v) is 10.7. The number of fused-ring (bicyclic) bond motifs is 1. The highest BCUT2D eigenvalue weighted by molar-refractivity contribution is 7.91. The first-order valence-corrected chi connectivity index (χ1v) is 14.8. The summed E-state index contributed by atoms with van der Waals surface area (Å²) in [5, 5.41) is 2.28. The molecule has 1 saturated heterocycles. The van der Waals surface area contributed by atoms with Crippen LogP contribution in [0, 0.1) is 5.92 Å². The standard InChI is InChI=1S/C25H26N4O5S3/c1-33-19-7-8-20(34-2)23-22(19)27-25(36-23)29(16-17-5-3-11-26-15-17)24(30)18-9-12-28(13-10-18)37(31,32)21-6-4-14-35-21/h3-8,11,14-15,18H,9-10,12-13,16H2,1-2H3. The first kappa shape index (κ1) is 25.6. The van der Waals surface area contributed by atoms with E-state index in [1.807, 2.05) is 18.2 Å². The molecule has 4 heterocycles. The first-order chi connectivity index (χ1) is 17.9. The van der Waals surface area contributed by atoms with Crippen LogP contribution in [0.1, 0.15) is 18.4 Å². The van der Waals surface area contributed by atoms with Gasteiger partial charge < -0.3 is 9.47 Å². The maximum atomic E-state index is 13.9. The lowest BCUT2D eigenvalue weighted by Gasteiger charge is -2.32. The minimum Gasteiger partial charge on any atom is -0.495 e. The number of hydrogen-bond acceptors (Lipinski definition) is 9. The number of amides is 1. The van der Waals surface area contributed by atoms with Crippen LogP contribution in [0.25, 0.3) is 10.2 Å². The zero-order valence-corrected chi connectivity index (χ0v) is 22.8. The van der Waals surface area contributed by atoms with Crippen LogP contribution >= 0.6 is 22.7 Å². The molecule has 0 bridgehead atoms. The number of anilines is 1. The van der Waals surface area contributed by atoms with E-state index in [1.165, 1.54) is 27.0 Å². The monoisotopic (exact) mass is 558 g/mol. The van der Waals surface area contributed by atoms with Gasteiger partial charge in [-0.25, -0.2) is 13.4 Å². The number of rotatable bonds is 8. The predicted octanol–water partition coefficient (Wildman–Crippen LogP) is 4.40. The van der Waals surface area contributed by atoms with E-state index in [-0.39, 0.29) is 11.8 Å². The molecule has 1 fully saturated rings. The Kier molecular flexibility index (Phi) is 7.43. The number of carbonyl (C=O) groups excluding carboxylic acids is 1. The Morgan fingerprint density at radius 2 is 1.86 bits per heavy atom. The Labute approximate surface area is 223 Å². The summed E-state index contributed by atoms with van der Waals surface area (Å²) in [6.07, 6.45) is 4.28. The molecular formula is C25H26N4O5S3. The van der Waals surface area contributed by atoms with Crippen molar-refractivity contribution in [2.45, 2.75) is 23.6 Å². The van der Waals surface area contributed by atoms with Gasteiger partial charge in [0.25, 0.3) is 10.0 Å². The van der Waals surface area contributed by atoms with Crippen molar-refractivity contribution in [1.82, 2.24) is 14.3 Å². The number of thiazole rings is 1. The van der Waals surface area contributed by atoms with Crippen molar-refractivity contribution in [2.75, 3.05) is 32.2 Å². The van der Waals surface area contributed by atoms with E-state index in [2.05, 4.69) is 4.98 Å². The van der Waals surface area contributed by atoms with Crippen LogP contribution in [0.15, 0.2) is 58.4 Å². The number of sulfonamides is 1. The predicted molar refractivity (Wildman–Crippen MR) is 144 cm³/mol. The summed E-state index contributed by atoms with van der Waals surface area (Å²) in [6, 6.07) is 10.7. The second kappa shape index (κ2) is 10.7. The topological polar surface area (TPSA) is 102 Å². The van der Waals surface area contributed by atoms with Gasteiger partial charge in [0.15, 0.2) is 5.13 Å². The largest absolute Gasteiger partial charge is 0.495 e. The molecule has 194 valence electrons. The molecule has 4 aromatic rings. The van der Waals surface area contributed by atoms with Crippen LogP contribution in [0.3, 0.4) is 0 Å². The SMILES string of the molecule is COc1ccc(OC)c2sc(N(Cc3cccnc3)C(=O)C3CCN(S(=O)(=O)c4cccs4)CC3)nc12. The molecule has 5 rings (SSSR count). The maximum absolute atomic E-state index is 13.9. The fraction of sp³-hybridized carbons (Fsp3) is 0.320. The lowest BCUT2D eigenvalue weighted by molar-refractivity contribution is -0.123. The summed E-state index contributed by atoms with van der Waals surface area (Å²) in [7, 11) is -0.366. The molecule has 0 aliphatic carbocycles. The number of hydrogen-bond donors (Lipinski definition) is 0. The highest BCUT2D eigenvalue weighted by Gasteiger charge is 2.35. The number of pyridine rings is 1. The van der Waals surface area contributed by atoms with E-state index in [0.29, 0.717) is 58.8 Å². The van der Waals surface area contributed by atoms with E-state index < -0.39 is 10.0 Å². The van der Waals surface area contributed by atoms with Gasteiger partial charge in [0.2, 0.25) is 5.91 Å². The van der Waals surface area contributed by atoms with Gasteiger partial charge in [0.1, 0.15) is 25.9 Å². The number of nitrogens with zero attached hydrogens (tertiary/aromatic N) is 4. The van der Waals surface area contributed by atoms with Crippen molar-refractivity contribution in [3.63, 3.8) is 0 Å². The number of thiophene rings is 1. The molecule has 3 aromatic heterocycles. The number of piperidine rings is 1. The van der Waals surface area contributed by atoms with Crippen molar-refractivity contribution in [3.8, 4) is 11.5 Å². The van der Waals surface area contributed by atoms with Crippen LogP contribution < -0.4 is 14.4 Å². The second-order valence-electron chi connectivity index (χ2n) is 8.54. The highest BCUT2D eigenvalue weighted by atomic mass is 32.2. The Morgan fingerprint density at radius 3 is 2.51 bits per heavy atom. The van der Waals surface area contributed by atoms with Gasteiger partial charge in [0.05, 0.1) is 20.8 Å². The lowest BCUT2D eigenvalue weighted by Crippen LogP contribution is -2.44. The minimum absolute atomic E-state index is 0.0889. The Balaban J connectivity index is 1.44. The van der Waals surface area contributed by atoms with E-state index in [4.69, 9.17) is 14.5 Å². The third-order valence-electron chi connectivity index (χ3n) is 6.35. The molecule has 0 unspecified atom stereocenters. The van der Waals surface area contributed by atoms with Crippen molar-refractivity contribution in [3.05, 3.63) is 59.7 Å². The number of ether oxygens (including phenoxy) is 2. The molecule has 9 nitrogen and oxygen atoms in total. The number of benzene rings is 1. The summed E-state index contributed by atoms with van der Waals surface area (Å²) >= 11 is 2.57. The van der Waals surface area contributed by atoms with Crippen molar-refractivity contribution in [1.29, 1.82) is 0 Å². The van der Waals surface area contributed by atoms with Gasteiger partial charge in [-0.05, 0) is 48.1 Å². The average Bonchev–Trinajstić information content (AvgIpc) is 3.63. The van der Waals surface area contributed by atoms with Crippen LogP contribution in [0.2, 0.25) is 0 Å². The summed E-state index contributed by atoms with van der Waals surface area (Å²) in [6.45, 7) is 0.878. The molecule has 37 heavy (non-hydrogen) atoms. The van der Waals surface area contributed by atoms with Gasteiger partial charge >= 0.3 is 0 Å². The smallest absolute Gasteiger partial charge is 0.252 e. The van der Waals surface area contributed by atoms with Crippen molar-refractivity contribution in [2.24, 2.45) is 5.92 Å². The molecule has 0 saturated carbocycles. The van der Waals surface area contributed by atoms with Crippen molar-refractivity contribution < 1.29 is 22.7 Å². The molecule has 0 N–H and O–H groups in total. The van der Waals surface area contributed by atoms with Crippen LogP contribution in [0.4, 0.5) is 5.13 Å². The third kappa shape index (κ3) is 5.06. The van der Waals surface area contributed by atoms with Crippen LogP contribution in [-0.4, -0.2) is 55.9 Å². The molecular weight excluding hydrogens is 532 g/mol. The maximum Gasteiger partial charge on any atom is 0.252 e. The molecule has 1 aliphatic heterocycles. The number of methoxy groups -OCH3 is 2. The van der Waals surface area contributed by atoms with Crippen LogP contribution in [0.5, 0.6) is 11.5 Å². The number of carbonyl (C=O) groups is 1. The normalized spacial score (nSPS) is 15.1. The summed E-state index contributed by atoms with van der Waals surface area (Å²) in [5.74, 6) is 0.830. The summed E-state index contributed by atoms with van der Waals surface area (Å²) < 4.78 is 39.5. The van der Waals surface area contributed by atoms with E-state index >= 15 is 0 Å². The molecule has 1 amide bonds. The fourth-order valence-corrected chi connectivity index (χ4v) is 8.10. The summed E-state index contributed by atoms with van der Waals surface area (Å²) in [5.41, 5.74) is 1.49. The number of aromatic nitrogens is 2. The molecule has 0 radical (unpaired) electrons. The Bertz CT molecular complexity index is 1440. The second-order valence-corrected chi connectivity index (χ2v) is 12.6. The zero-order chi connectivity index (χ0) is 26.0. The van der Waals surface area contributed by atoms with Gasteiger partial charge in [-0.1, -0.05) is 23.5 Å². The highest BCUT2D eigenvalue weighted by Crippen LogP contribution is 2.41. The van der Waals surface area contributed by atoms with Gasteiger partial charge in [-0.15, -0.1) is 11.3 Å². The molecule has 1 aromatic carbocycles. The first-order valence-electron chi connectivity index (χ1n) is 11.7. The van der Waals surface area contributed by atoms with Gasteiger partial charge in [-0.3, -0.25) is 14.7 Å². The zero-order valence-electron chi connectivity index (χ0n) is 20.4. The molecule has 1 aliphatic rings. The quantitative estimate of drug-likeness (QED) is 0.316. The minimum atomic E-state index is -3.54. The van der Waals surface area contributed by atoms with Crippen LogP contribution in [-0.2, 0) is 21.4 Å². The van der Waals surface area contributed by atoms with E-state index in [9.17, 15) is 13.2 Å². The lowest BCUT2D eigenvalue weighted by atomic mass is 9.96. The molecule has 0 atom stereocenters. The van der Waals surface area contributed by atoms with Crippen molar-refractivity contribution >= 4 is 54.0 Å².